The molecule has 0 radical (unpaired) electrons. The molecule has 1 N–H and O–H groups in total. The minimum absolute atomic E-state index is 0.161. The van der Waals surface area contributed by atoms with E-state index in [0.29, 0.717) is 23.3 Å². The third kappa shape index (κ3) is 5.38. The van der Waals surface area contributed by atoms with Crippen LogP contribution in [0.15, 0.2) is 72.8 Å². The summed E-state index contributed by atoms with van der Waals surface area (Å²) in [6.45, 7) is 0.991. The summed E-state index contributed by atoms with van der Waals surface area (Å²) in [5.41, 5.74) is 0.319. The van der Waals surface area contributed by atoms with Crippen LogP contribution in [0.3, 0.4) is 0 Å². The average Bonchev–Trinajstić information content (AvgIpc) is 2.70. The number of hydrogen-bond acceptors (Lipinski definition) is 3. The Morgan fingerprint density at radius 3 is 2.21 bits per heavy atom. The molecular formula is C22H18F2N2O3. The molecule has 148 valence electrons. The number of amides is 2. The number of hydrogen-bond donors (Lipinski definition) is 1. The molecule has 0 aliphatic rings. The van der Waals surface area contributed by atoms with Crippen molar-refractivity contribution in [3.8, 4) is 11.5 Å². The summed E-state index contributed by atoms with van der Waals surface area (Å²) in [5, 5.41) is 2.34. The first kappa shape index (κ1) is 20.0. The van der Waals surface area contributed by atoms with E-state index in [0.717, 1.165) is 12.1 Å². The van der Waals surface area contributed by atoms with Crippen molar-refractivity contribution in [1.29, 1.82) is 0 Å². The van der Waals surface area contributed by atoms with Crippen LogP contribution in [0, 0.1) is 11.6 Å². The van der Waals surface area contributed by atoms with Crippen LogP contribution >= 0.6 is 0 Å². The van der Waals surface area contributed by atoms with Gasteiger partial charge in [-0.15, -0.1) is 0 Å². The predicted octanol–water partition coefficient (Wildman–Crippen LogP) is 4.75. The van der Waals surface area contributed by atoms with Gasteiger partial charge in [-0.1, -0.05) is 18.2 Å². The molecule has 3 aromatic rings. The number of halogens is 2. The fourth-order valence-electron chi connectivity index (χ4n) is 2.63. The predicted molar refractivity (Wildman–Crippen MR) is 106 cm³/mol. The zero-order valence-corrected chi connectivity index (χ0v) is 15.6. The lowest BCUT2D eigenvalue weighted by atomic mass is 10.2. The summed E-state index contributed by atoms with van der Waals surface area (Å²) in [6.07, 6.45) is 0. The second-order valence-electron chi connectivity index (χ2n) is 6.19. The molecule has 5 nitrogen and oxygen atoms in total. The molecule has 0 saturated carbocycles. The molecule has 29 heavy (non-hydrogen) atoms. The zero-order chi connectivity index (χ0) is 20.8. The zero-order valence-electron chi connectivity index (χ0n) is 15.6. The number of nitrogens with one attached hydrogen (secondary N) is 1. The third-order valence-corrected chi connectivity index (χ3v) is 4.01. The molecule has 0 fully saturated rings. The maximum absolute atomic E-state index is 13.7. The lowest BCUT2D eigenvalue weighted by molar-refractivity contribution is -0.120. The number of nitrogens with zero attached hydrogens (tertiary/aromatic N) is 1. The second kappa shape index (κ2) is 8.97. The van der Waals surface area contributed by atoms with E-state index in [1.54, 1.807) is 24.3 Å². The van der Waals surface area contributed by atoms with Gasteiger partial charge in [-0.2, -0.15) is 0 Å². The van der Waals surface area contributed by atoms with Crippen molar-refractivity contribution in [3.63, 3.8) is 0 Å². The van der Waals surface area contributed by atoms with Gasteiger partial charge >= 0.3 is 0 Å². The van der Waals surface area contributed by atoms with Crippen molar-refractivity contribution in [2.24, 2.45) is 0 Å². The number of ether oxygens (including phenoxy) is 1. The van der Waals surface area contributed by atoms with Gasteiger partial charge in [0.15, 0.2) is 0 Å². The van der Waals surface area contributed by atoms with Crippen molar-refractivity contribution in [3.05, 3.63) is 84.4 Å². The van der Waals surface area contributed by atoms with Gasteiger partial charge in [0.2, 0.25) is 11.8 Å². The molecule has 0 saturated heterocycles. The Morgan fingerprint density at radius 2 is 1.59 bits per heavy atom. The fourth-order valence-corrected chi connectivity index (χ4v) is 2.63. The molecule has 0 aliphatic heterocycles. The van der Waals surface area contributed by atoms with E-state index in [9.17, 15) is 18.4 Å². The van der Waals surface area contributed by atoms with Crippen LogP contribution in [-0.4, -0.2) is 18.4 Å². The molecule has 3 aromatic carbocycles. The first-order valence-corrected chi connectivity index (χ1v) is 8.78. The summed E-state index contributed by atoms with van der Waals surface area (Å²) in [7, 11) is 0. The van der Waals surface area contributed by atoms with E-state index in [-0.39, 0.29) is 18.1 Å². The van der Waals surface area contributed by atoms with Crippen LogP contribution in [0.2, 0.25) is 0 Å². The number of carbonyl (C=O) groups is 2. The van der Waals surface area contributed by atoms with E-state index in [1.165, 1.54) is 11.8 Å². The van der Waals surface area contributed by atoms with Gasteiger partial charge in [0, 0.05) is 18.7 Å². The van der Waals surface area contributed by atoms with Gasteiger partial charge in [0.1, 0.15) is 29.7 Å². The Kier molecular flexibility index (Phi) is 6.19. The Bertz CT molecular complexity index is 1010. The maximum atomic E-state index is 13.7. The van der Waals surface area contributed by atoms with Crippen molar-refractivity contribution in [2.45, 2.75) is 6.92 Å². The lowest BCUT2D eigenvalue weighted by Crippen LogP contribution is -2.36. The van der Waals surface area contributed by atoms with Gasteiger partial charge in [0.05, 0.1) is 5.69 Å². The Morgan fingerprint density at radius 1 is 0.931 bits per heavy atom. The van der Waals surface area contributed by atoms with Gasteiger partial charge in [-0.25, -0.2) is 8.78 Å². The Balaban J connectivity index is 1.69. The topological polar surface area (TPSA) is 58.6 Å². The van der Waals surface area contributed by atoms with E-state index in [1.807, 2.05) is 30.3 Å². The van der Waals surface area contributed by atoms with Crippen molar-refractivity contribution in [1.82, 2.24) is 0 Å². The third-order valence-electron chi connectivity index (χ3n) is 4.01. The molecule has 7 heteroatoms. The highest BCUT2D eigenvalue weighted by Gasteiger charge is 2.17. The standard InChI is InChI=1S/C22H18F2N2O3/c1-15(27)26(14-22(28)25-21-12-7-16(23)13-20(21)24)17-8-10-19(11-9-17)29-18-5-3-2-4-6-18/h2-13H,14H2,1H3,(H,25,28). The quantitative estimate of drug-likeness (QED) is 0.654. The summed E-state index contributed by atoms with van der Waals surface area (Å²) in [5.74, 6) is -1.38. The molecule has 0 aromatic heterocycles. The monoisotopic (exact) mass is 396 g/mol. The lowest BCUT2D eigenvalue weighted by Gasteiger charge is -2.21. The molecule has 0 bridgehead atoms. The Labute approximate surface area is 166 Å². The molecule has 0 unspecified atom stereocenters. The van der Waals surface area contributed by atoms with Crippen molar-refractivity contribution < 1.29 is 23.1 Å². The van der Waals surface area contributed by atoms with Crippen LogP contribution < -0.4 is 15.0 Å². The SMILES string of the molecule is CC(=O)N(CC(=O)Nc1ccc(F)cc1F)c1ccc(Oc2ccccc2)cc1. The van der Waals surface area contributed by atoms with Crippen LogP contribution in [0.25, 0.3) is 0 Å². The molecule has 0 atom stereocenters. The fraction of sp³-hybridized carbons (Fsp3) is 0.0909. The minimum Gasteiger partial charge on any atom is -0.457 e. The van der Waals surface area contributed by atoms with E-state index in [2.05, 4.69) is 5.32 Å². The van der Waals surface area contributed by atoms with Crippen LogP contribution in [-0.2, 0) is 9.59 Å². The molecule has 2 amide bonds. The highest BCUT2D eigenvalue weighted by atomic mass is 19.1. The smallest absolute Gasteiger partial charge is 0.244 e. The largest absolute Gasteiger partial charge is 0.457 e. The number of benzene rings is 3. The van der Waals surface area contributed by atoms with E-state index >= 15 is 0 Å². The normalized spacial score (nSPS) is 10.3. The van der Waals surface area contributed by atoms with Crippen LogP contribution in [0.4, 0.5) is 20.2 Å². The van der Waals surface area contributed by atoms with E-state index < -0.39 is 17.5 Å². The van der Waals surface area contributed by atoms with Gasteiger partial charge < -0.3 is 15.0 Å². The average molecular weight is 396 g/mol. The number of rotatable bonds is 6. The maximum Gasteiger partial charge on any atom is 0.244 e. The van der Waals surface area contributed by atoms with Crippen molar-refractivity contribution >= 4 is 23.2 Å². The number of carbonyl (C=O) groups excluding carboxylic acids is 2. The molecule has 3 rings (SSSR count). The van der Waals surface area contributed by atoms with Gasteiger partial charge in [-0.3, -0.25) is 9.59 Å². The second-order valence-corrected chi connectivity index (χ2v) is 6.19. The van der Waals surface area contributed by atoms with E-state index in [4.69, 9.17) is 4.74 Å². The minimum atomic E-state index is -0.893. The first-order chi connectivity index (χ1) is 13.9. The Hall–Kier alpha value is -3.74. The molecule has 0 spiro atoms. The molecular weight excluding hydrogens is 378 g/mol. The van der Waals surface area contributed by atoms with Crippen molar-refractivity contribution in [2.75, 3.05) is 16.8 Å². The molecule has 0 aliphatic carbocycles. The van der Waals surface area contributed by atoms with Gasteiger partial charge in [-0.05, 0) is 48.5 Å². The first-order valence-electron chi connectivity index (χ1n) is 8.78. The van der Waals surface area contributed by atoms with Gasteiger partial charge in [0.25, 0.3) is 0 Å². The summed E-state index contributed by atoms with van der Waals surface area (Å²) < 4.78 is 32.4. The number of para-hydroxylation sites is 1. The highest BCUT2D eigenvalue weighted by molar-refractivity contribution is 6.01. The van der Waals surface area contributed by atoms with Crippen LogP contribution in [0.5, 0.6) is 11.5 Å². The summed E-state index contributed by atoms with van der Waals surface area (Å²) in [4.78, 5) is 25.5. The summed E-state index contributed by atoms with van der Waals surface area (Å²) in [6, 6.07) is 18.7. The van der Waals surface area contributed by atoms with Crippen LogP contribution in [0.1, 0.15) is 6.92 Å². The number of anilines is 2. The molecule has 0 heterocycles. The summed E-state index contributed by atoms with van der Waals surface area (Å²) >= 11 is 0. The highest BCUT2D eigenvalue weighted by Crippen LogP contribution is 2.24.